The monoisotopic (exact) mass is 225 g/mol. The predicted octanol–water partition coefficient (Wildman–Crippen LogP) is 1.75. The van der Waals surface area contributed by atoms with Gasteiger partial charge in [-0.15, -0.1) is 10.2 Å². The Morgan fingerprint density at radius 2 is 2.27 bits per heavy atom. The Labute approximate surface area is 93.2 Å². The van der Waals surface area contributed by atoms with Gasteiger partial charge in [-0.05, 0) is 31.9 Å². The molecule has 1 aliphatic rings. The molecule has 1 heterocycles. The SMILES string of the molecule is CCN(C(=O)c1ccc(Cl)nn1)C1CC1. The van der Waals surface area contributed by atoms with E-state index in [1.165, 1.54) is 0 Å². The summed E-state index contributed by atoms with van der Waals surface area (Å²) in [6, 6.07) is 3.60. The molecule has 0 unspecified atom stereocenters. The van der Waals surface area contributed by atoms with E-state index in [0.29, 0.717) is 23.4 Å². The van der Waals surface area contributed by atoms with Crippen LogP contribution in [0.4, 0.5) is 0 Å². The second kappa shape index (κ2) is 4.14. The number of nitrogens with zero attached hydrogens (tertiary/aromatic N) is 3. The zero-order chi connectivity index (χ0) is 10.8. The number of rotatable bonds is 3. The van der Waals surface area contributed by atoms with E-state index < -0.39 is 0 Å². The van der Waals surface area contributed by atoms with Gasteiger partial charge in [0.05, 0.1) is 0 Å². The lowest BCUT2D eigenvalue weighted by molar-refractivity contribution is 0.0745. The van der Waals surface area contributed by atoms with Crippen molar-refractivity contribution in [1.29, 1.82) is 0 Å². The van der Waals surface area contributed by atoms with Crippen LogP contribution in [0, 0.1) is 0 Å². The van der Waals surface area contributed by atoms with Gasteiger partial charge in [0.1, 0.15) is 0 Å². The van der Waals surface area contributed by atoms with Gasteiger partial charge in [-0.25, -0.2) is 0 Å². The fourth-order valence-corrected chi connectivity index (χ4v) is 1.63. The summed E-state index contributed by atoms with van der Waals surface area (Å²) in [7, 11) is 0. The van der Waals surface area contributed by atoms with Crippen LogP contribution in [0.2, 0.25) is 5.15 Å². The Morgan fingerprint density at radius 3 is 2.73 bits per heavy atom. The largest absolute Gasteiger partial charge is 0.335 e. The number of hydrogen-bond acceptors (Lipinski definition) is 3. The molecule has 15 heavy (non-hydrogen) atoms. The number of carbonyl (C=O) groups is 1. The highest BCUT2D eigenvalue weighted by Gasteiger charge is 2.32. The molecular weight excluding hydrogens is 214 g/mol. The minimum absolute atomic E-state index is 0.0517. The van der Waals surface area contributed by atoms with Crippen molar-refractivity contribution in [3.05, 3.63) is 23.0 Å². The van der Waals surface area contributed by atoms with Crippen molar-refractivity contribution in [2.45, 2.75) is 25.8 Å². The molecule has 0 aliphatic heterocycles. The Morgan fingerprint density at radius 1 is 1.53 bits per heavy atom. The first kappa shape index (κ1) is 10.4. The van der Waals surface area contributed by atoms with Crippen molar-refractivity contribution in [3.8, 4) is 0 Å². The van der Waals surface area contributed by atoms with Crippen molar-refractivity contribution >= 4 is 17.5 Å². The van der Waals surface area contributed by atoms with Crippen LogP contribution in [-0.2, 0) is 0 Å². The summed E-state index contributed by atoms with van der Waals surface area (Å²) in [6.07, 6.45) is 2.20. The highest BCUT2D eigenvalue weighted by atomic mass is 35.5. The van der Waals surface area contributed by atoms with Crippen molar-refractivity contribution in [3.63, 3.8) is 0 Å². The van der Waals surface area contributed by atoms with Crippen molar-refractivity contribution in [2.75, 3.05) is 6.54 Å². The lowest BCUT2D eigenvalue weighted by atomic mass is 10.3. The Bertz CT molecular complexity index is 361. The van der Waals surface area contributed by atoms with Crippen molar-refractivity contribution in [1.82, 2.24) is 15.1 Å². The fraction of sp³-hybridized carbons (Fsp3) is 0.500. The van der Waals surface area contributed by atoms with E-state index in [1.807, 2.05) is 11.8 Å². The third-order valence-electron chi connectivity index (χ3n) is 2.44. The van der Waals surface area contributed by atoms with Crippen LogP contribution in [0.5, 0.6) is 0 Å². The maximum atomic E-state index is 11.9. The zero-order valence-corrected chi connectivity index (χ0v) is 9.24. The molecule has 0 bridgehead atoms. The first-order valence-electron chi connectivity index (χ1n) is 5.02. The molecule has 0 N–H and O–H groups in total. The Kier molecular flexibility index (Phi) is 2.86. The van der Waals surface area contributed by atoms with E-state index in [9.17, 15) is 4.79 Å². The molecule has 0 atom stereocenters. The molecule has 1 saturated carbocycles. The van der Waals surface area contributed by atoms with Crippen LogP contribution in [0.15, 0.2) is 12.1 Å². The number of halogens is 1. The average molecular weight is 226 g/mol. The van der Waals surface area contributed by atoms with Gasteiger partial charge in [0.25, 0.3) is 5.91 Å². The van der Waals surface area contributed by atoms with Gasteiger partial charge in [0, 0.05) is 12.6 Å². The van der Waals surface area contributed by atoms with Crippen LogP contribution in [0.3, 0.4) is 0 Å². The molecule has 1 aromatic rings. The number of hydrogen-bond donors (Lipinski definition) is 0. The molecule has 0 radical (unpaired) electrons. The summed E-state index contributed by atoms with van der Waals surface area (Å²) in [5, 5.41) is 7.76. The number of amides is 1. The van der Waals surface area contributed by atoms with Crippen LogP contribution in [0.25, 0.3) is 0 Å². The molecule has 80 valence electrons. The van der Waals surface area contributed by atoms with Gasteiger partial charge < -0.3 is 4.90 Å². The van der Waals surface area contributed by atoms with E-state index in [0.717, 1.165) is 12.8 Å². The van der Waals surface area contributed by atoms with Crippen LogP contribution >= 0.6 is 11.6 Å². The maximum absolute atomic E-state index is 11.9. The third-order valence-corrected chi connectivity index (χ3v) is 2.64. The predicted molar refractivity (Wildman–Crippen MR) is 56.8 cm³/mol. The van der Waals surface area contributed by atoms with Crippen LogP contribution < -0.4 is 0 Å². The summed E-state index contributed by atoms with van der Waals surface area (Å²) >= 11 is 5.61. The fourth-order valence-electron chi connectivity index (χ4n) is 1.53. The Balaban J connectivity index is 2.15. The quantitative estimate of drug-likeness (QED) is 0.788. The number of aromatic nitrogens is 2. The highest BCUT2D eigenvalue weighted by Crippen LogP contribution is 2.27. The first-order valence-corrected chi connectivity index (χ1v) is 5.40. The molecule has 1 aromatic heterocycles. The third kappa shape index (κ3) is 2.26. The average Bonchev–Trinajstić information content (AvgIpc) is 3.04. The van der Waals surface area contributed by atoms with Gasteiger partial charge in [0.2, 0.25) is 0 Å². The van der Waals surface area contributed by atoms with Crippen molar-refractivity contribution in [2.24, 2.45) is 0 Å². The minimum atomic E-state index is -0.0517. The zero-order valence-electron chi connectivity index (χ0n) is 8.48. The molecule has 0 saturated heterocycles. The molecular formula is C10H12ClN3O. The van der Waals surface area contributed by atoms with Gasteiger partial charge in [-0.3, -0.25) is 4.79 Å². The standard InChI is InChI=1S/C10H12ClN3O/c1-2-14(7-3-4-7)10(15)8-5-6-9(11)13-12-8/h5-7H,2-4H2,1H3. The van der Waals surface area contributed by atoms with Gasteiger partial charge in [0.15, 0.2) is 10.8 Å². The number of carbonyl (C=O) groups excluding carboxylic acids is 1. The van der Waals surface area contributed by atoms with Gasteiger partial charge >= 0.3 is 0 Å². The lowest BCUT2D eigenvalue weighted by Gasteiger charge is -2.19. The molecule has 0 spiro atoms. The molecule has 5 heteroatoms. The topological polar surface area (TPSA) is 46.1 Å². The minimum Gasteiger partial charge on any atom is -0.335 e. The summed E-state index contributed by atoms with van der Waals surface area (Å²) in [5.74, 6) is -0.0517. The normalized spacial score (nSPS) is 15.1. The van der Waals surface area contributed by atoms with Gasteiger partial charge in [-0.1, -0.05) is 11.6 Å². The van der Waals surface area contributed by atoms with E-state index in [1.54, 1.807) is 12.1 Å². The smallest absolute Gasteiger partial charge is 0.274 e. The molecule has 1 fully saturated rings. The van der Waals surface area contributed by atoms with E-state index in [-0.39, 0.29) is 5.91 Å². The molecule has 2 rings (SSSR count). The van der Waals surface area contributed by atoms with Crippen LogP contribution in [-0.4, -0.2) is 33.6 Å². The summed E-state index contributed by atoms with van der Waals surface area (Å²) in [5.41, 5.74) is 0.369. The lowest BCUT2D eigenvalue weighted by Crippen LogP contribution is -2.33. The molecule has 1 amide bonds. The maximum Gasteiger partial charge on any atom is 0.274 e. The van der Waals surface area contributed by atoms with E-state index >= 15 is 0 Å². The summed E-state index contributed by atoms with van der Waals surface area (Å²) < 4.78 is 0. The molecule has 1 aliphatic carbocycles. The van der Waals surface area contributed by atoms with Crippen LogP contribution in [0.1, 0.15) is 30.3 Å². The second-order valence-electron chi connectivity index (χ2n) is 3.56. The Hall–Kier alpha value is -1.16. The molecule has 0 aromatic carbocycles. The molecule has 4 nitrogen and oxygen atoms in total. The summed E-state index contributed by atoms with van der Waals surface area (Å²) in [4.78, 5) is 13.8. The van der Waals surface area contributed by atoms with Crippen molar-refractivity contribution < 1.29 is 4.79 Å². The highest BCUT2D eigenvalue weighted by molar-refractivity contribution is 6.29. The van der Waals surface area contributed by atoms with E-state index in [2.05, 4.69) is 10.2 Å². The van der Waals surface area contributed by atoms with Gasteiger partial charge in [-0.2, -0.15) is 0 Å². The first-order chi connectivity index (χ1) is 7.22. The summed E-state index contributed by atoms with van der Waals surface area (Å²) in [6.45, 7) is 2.69. The second-order valence-corrected chi connectivity index (χ2v) is 3.95. The van der Waals surface area contributed by atoms with E-state index in [4.69, 9.17) is 11.6 Å².